The first-order valence-corrected chi connectivity index (χ1v) is 17.7. The molecular weight excluding hydrogens is 681 g/mol. The summed E-state index contributed by atoms with van der Waals surface area (Å²) in [6.07, 6.45) is 14.3. The van der Waals surface area contributed by atoms with Crippen molar-refractivity contribution in [1.29, 1.82) is 0 Å². The summed E-state index contributed by atoms with van der Waals surface area (Å²) in [6, 6.07) is 10.2. The Kier molecular flexibility index (Phi) is 8.94. The third-order valence-electron chi connectivity index (χ3n) is 11.1. The van der Waals surface area contributed by atoms with Gasteiger partial charge in [-0.1, -0.05) is 36.3 Å². The maximum absolute atomic E-state index is 17.0. The van der Waals surface area contributed by atoms with Crippen molar-refractivity contribution in [2.24, 2.45) is 0 Å². The zero-order valence-corrected chi connectivity index (χ0v) is 29.3. The minimum atomic E-state index is -0.952. The second-order valence-electron chi connectivity index (χ2n) is 14.1. The van der Waals surface area contributed by atoms with Gasteiger partial charge < -0.3 is 14.5 Å². The lowest BCUT2D eigenvalue weighted by Crippen LogP contribution is -2.44. The SMILES string of the molecule is C#Cc1cccc2cccc(-c3ncc4c(N(C)[C@@H]5CCN(C(=O)/C(F)=C/c6cnccn6)[C@@H]5C)nc(OC[C@@]56CCCN5C[C@H](F)C6)nc4c3F)c12. The molecule has 0 bridgehead atoms. The molecule has 3 aromatic heterocycles. The van der Waals surface area contributed by atoms with Crippen molar-refractivity contribution in [3.05, 3.63) is 84.1 Å². The zero-order valence-electron chi connectivity index (χ0n) is 29.3. The fourth-order valence-electron chi connectivity index (χ4n) is 8.45. The number of rotatable bonds is 8. The van der Waals surface area contributed by atoms with Crippen molar-refractivity contribution in [3.63, 3.8) is 0 Å². The quantitative estimate of drug-likeness (QED) is 0.138. The Morgan fingerprint density at radius 1 is 1.15 bits per heavy atom. The molecule has 5 aromatic rings. The lowest BCUT2D eigenvalue weighted by molar-refractivity contribution is -0.129. The number of pyridine rings is 1. The van der Waals surface area contributed by atoms with Crippen molar-refractivity contribution >= 4 is 39.5 Å². The molecule has 3 saturated heterocycles. The molecule has 13 heteroatoms. The van der Waals surface area contributed by atoms with E-state index < -0.39 is 35.3 Å². The van der Waals surface area contributed by atoms with Crippen molar-refractivity contribution in [1.82, 2.24) is 34.7 Å². The molecule has 2 aromatic carbocycles. The van der Waals surface area contributed by atoms with Gasteiger partial charge in [0.2, 0.25) is 0 Å². The second kappa shape index (κ2) is 13.7. The van der Waals surface area contributed by atoms with Gasteiger partial charge in [-0.05, 0) is 44.2 Å². The molecule has 270 valence electrons. The van der Waals surface area contributed by atoms with E-state index in [0.717, 1.165) is 30.8 Å². The van der Waals surface area contributed by atoms with E-state index in [1.165, 1.54) is 29.7 Å². The van der Waals surface area contributed by atoms with Crippen LogP contribution in [-0.4, -0.2) is 97.7 Å². The summed E-state index contributed by atoms with van der Waals surface area (Å²) in [7, 11) is 1.80. The minimum Gasteiger partial charge on any atom is -0.461 e. The number of amides is 1. The topological polar surface area (TPSA) is 100 Å². The van der Waals surface area contributed by atoms with Gasteiger partial charge in [-0.3, -0.25) is 24.6 Å². The van der Waals surface area contributed by atoms with E-state index in [4.69, 9.17) is 16.1 Å². The van der Waals surface area contributed by atoms with E-state index in [1.54, 1.807) is 19.2 Å². The highest BCUT2D eigenvalue weighted by Crippen LogP contribution is 2.41. The minimum absolute atomic E-state index is 0.0101. The molecule has 0 spiro atoms. The molecule has 0 saturated carbocycles. The maximum Gasteiger partial charge on any atom is 0.319 e. The summed E-state index contributed by atoms with van der Waals surface area (Å²) in [5.74, 6) is 0.644. The number of benzene rings is 2. The van der Waals surface area contributed by atoms with Crippen molar-refractivity contribution < 1.29 is 22.7 Å². The van der Waals surface area contributed by atoms with Gasteiger partial charge in [-0.25, -0.2) is 13.2 Å². The highest BCUT2D eigenvalue weighted by atomic mass is 19.1. The number of likely N-dealkylation sites (tertiary alicyclic amines) is 1. The Hall–Kier alpha value is -5.61. The third kappa shape index (κ3) is 6.10. The van der Waals surface area contributed by atoms with Gasteiger partial charge in [0, 0.05) is 73.8 Å². The molecule has 1 amide bonds. The average Bonchev–Trinajstić information content (AvgIpc) is 3.84. The number of ether oxygens (including phenoxy) is 1. The van der Waals surface area contributed by atoms with E-state index in [-0.39, 0.29) is 42.1 Å². The van der Waals surface area contributed by atoms with Crippen LogP contribution in [0.25, 0.3) is 39.0 Å². The predicted octanol–water partition coefficient (Wildman–Crippen LogP) is 6.15. The van der Waals surface area contributed by atoms with Gasteiger partial charge in [0.1, 0.15) is 29.8 Å². The number of likely N-dealkylation sites (N-methyl/N-ethyl adjacent to an activating group) is 1. The molecule has 0 unspecified atom stereocenters. The number of alkyl halides is 1. The van der Waals surface area contributed by atoms with Crippen LogP contribution in [0.1, 0.15) is 43.9 Å². The van der Waals surface area contributed by atoms with E-state index in [2.05, 4.69) is 30.8 Å². The standard InChI is InChI=1S/C40H37F3N8O2/c1-4-25-8-5-9-26-10-6-11-29(33(25)26)35-34(43)36-30(21-46-35)37(48-39(47-36)53-23-40-13-7-16-50(40)22-27(41)19-40)49(3)32-12-17-51(24(32)2)38(52)31(42)18-28-20-44-14-15-45-28/h1,5-6,8-11,14-15,18,20-21,24,27,32H,7,12-13,16-17,19,22-23H2,2-3H3/b31-18-/t24-,27-,32-,40+/m1/s1. The third-order valence-corrected chi connectivity index (χ3v) is 11.1. The van der Waals surface area contributed by atoms with E-state index >= 15 is 8.78 Å². The number of carbonyl (C=O) groups excluding carboxylic acids is 1. The molecule has 4 atom stereocenters. The molecule has 3 aliphatic rings. The molecule has 3 fully saturated rings. The molecule has 0 radical (unpaired) electrons. The smallest absolute Gasteiger partial charge is 0.319 e. The summed E-state index contributed by atoms with van der Waals surface area (Å²) < 4.78 is 53.1. The van der Waals surface area contributed by atoms with Crippen LogP contribution in [0.4, 0.5) is 19.0 Å². The van der Waals surface area contributed by atoms with E-state index in [1.807, 2.05) is 36.1 Å². The zero-order chi connectivity index (χ0) is 36.9. The first-order chi connectivity index (χ1) is 25.7. The molecule has 8 rings (SSSR count). The monoisotopic (exact) mass is 718 g/mol. The number of halogens is 3. The lowest BCUT2D eigenvalue weighted by atomic mass is 9.95. The van der Waals surface area contributed by atoms with Crippen LogP contribution < -0.4 is 9.64 Å². The molecule has 6 heterocycles. The lowest BCUT2D eigenvalue weighted by Gasteiger charge is -2.33. The summed E-state index contributed by atoms with van der Waals surface area (Å²) >= 11 is 0. The van der Waals surface area contributed by atoms with Crippen LogP contribution in [0.3, 0.4) is 0 Å². The van der Waals surface area contributed by atoms with Crippen molar-refractivity contribution in [2.75, 3.05) is 38.2 Å². The Labute approximate surface area is 304 Å². The van der Waals surface area contributed by atoms with Gasteiger partial charge in [0.15, 0.2) is 11.6 Å². The number of carbonyl (C=O) groups is 1. The molecule has 53 heavy (non-hydrogen) atoms. The normalized spacial score (nSPS) is 23.1. The number of nitrogens with zero attached hydrogens (tertiary/aromatic N) is 8. The first kappa shape index (κ1) is 34.5. The van der Waals surface area contributed by atoms with Crippen LogP contribution in [0, 0.1) is 18.2 Å². The number of aromatic nitrogens is 5. The molecular formula is C40H37F3N8O2. The number of terminal acetylenes is 1. The fraction of sp³-hybridized carbons (Fsp3) is 0.350. The maximum atomic E-state index is 17.0. The van der Waals surface area contributed by atoms with Crippen LogP contribution in [0.5, 0.6) is 6.01 Å². The largest absolute Gasteiger partial charge is 0.461 e. The fourth-order valence-corrected chi connectivity index (χ4v) is 8.45. The summed E-state index contributed by atoms with van der Waals surface area (Å²) in [4.78, 5) is 40.7. The van der Waals surface area contributed by atoms with Gasteiger partial charge in [-0.15, -0.1) is 6.42 Å². The number of anilines is 1. The highest BCUT2D eigenvalue weighted by molar-refractivity contribution is 6.02. The summed E-state index contributed by atoms with van der Waals surface area (Å²) in [6.45, 7) is 3.41. The van der Waals surface area contributed by atoms with E-state index in [9.17, 15) is 9.18 Å². The predicted molar refractivity (Wildman–Crippen MR) is 196 cm³/mol. The molecule has 10 nitrogen and oxygen atoms in total. The van der Waals surface area contributed by atoms with Gasteiger partial charge in [0.05, 0.1) is 28.9 Å². The average molecular weight is 719 g/mol. The molecule has 3 aliphatic heterocycles. The van der Waals surface area contributed by atoms with Crippen LogP contribution in [0.2, 0.25) is 0 Å². The summed E-state index contributed by atoms with van der Waals surface area (Å²) in [5, 5.41) is 1.86. The van der Waals surface area contributed by atoms with Gasteiger partial charge in [-0.2, -0.15) is 9.97 Å². The number of hydrogen-bond acceptors (Lipinski definition) is 9. The summed E-state index contributed by atoms with van der Waals surface area (Å²) in [5.41, 5.74) is 0.922. The molecule has 0 aliphatic carbocycles. The van der Waals surface area contributed by atoms with Crippen LogP contribution in [-0.2, 0) is 4.79 Å². The Morgan fingerprint density at radius 3 is 2.77 bits per heavy atom. The Bertz CT molecular complexity index is 2290. The number of fused-ring (bicyclic) bond motifs is 3. The number of hydrogen-bond donors (Lipinski definition) is 0. The molecule has 0 N–H and O–H groups in total. The Balaban J connectivity index is 1.18. The van der Waals surface area contributed by atoms with E-state index in [0.29, 0.717) is 47.1 Å². The van der Waals surface area contributed by atoms with Crippen LogP contribution in [0.15, 0.2) is 67.0 Å². The highest BCUT2D eigenvalue weighted by Gasteiger charge is 2.49. The van der Waals surface area contributed by atoms with Gasteiger partial charge in [0.25, 0.3) is 5.91 Å². The van der Waals surface area contributed by atoms with Crippen LogP contribution >= 0.6 is 0 Å². The van der Waals surface area contributed by atoms with Crippen molar-refractivity contribution in [2.45, 2.75) is 56.4 Å². The first-order valence-electron chi connectivity index (χ1n) is 17.7. The van der Waals surface area contributed by atoms with Gasteiger partial charge >= 0.3 is 6.01 Å². The Morgan fingerprint density at radius 2 is 1.98 bits per heavy atom. The second-order valence-corrected chi connectivity index (χ2v) is 14.1. The van der Waals surface area contributed by atoms with Crippen molar-refractivity contribution in [3.8, 4) is 29.6 Å².